The predicted molar refractivity (Wildman–Crippen MR) is 73.8 cm³/mol. The third-order valence-electron chi connectivity index (χ3n) is 2.90. The van der Waals surface area contributed by atoms with Gasteiger partial charge in [0, 0.05) is 16.6 Å². The predicted octanol–water partition coefficient (Wildman–Crippen LogP) is 3.14. The Hall–Kier alpha value is -0.480. The zero-order valence-electron chi connectivity index (χ0n) is 10.3. The van der Waals surface area contributed by atoms with Gasteiger partial charge in [-0.15, -0.1) is 0 Å². The molecule has 1 N–H and O–H groups in total. The standard InChI is InChI=1S/C13H17Cl2NO2/c1-16-7-11-2-3-12(18-11)8-17-13-5-9(14)4-10(15)6-13/h4-6,11-12,16H,2-3,7-8H2,1H3. The molecule has 1 saturated heterocycles. The first-order valence-electron chi connectivity index (χ1n) is 6.06. The molecule has 0 saturated carbocycles. The van der Waals surface area contributed by atoms with E-state index in [1.54, 1.807) is 18.2 Å². The van der Waals surface area contributed by atoms with Crippen molar-refractivity contribution < 1.29 is 9.47 Å². The molecule has 2 rings (SSSR count). The van der Waals surface area contributed by atoms with E-state index in [1.165, 1.54) is 0 Å². The molecular weight excluding hydrogens is 273 g/mol. The molecule has 2 unspecified atom stereocenters. The molecule has 18 heavy (non-hydrogen) atoms. The molecule has 1 aromatic rings. The topological polar surface area (TPSA) is 30.5 Å². The van der Waals surface area contributed by atoms with Crippen LogP contribution in [0.5, 0.6) is 5.75 Å². The molecule has 1 aliphatic heterocycles. The summed E-state index contributed by atoms with van der Waals surface area (Å²) in [6.07, 6.45) is 2.55. The van der Waals surface area contributed by atoms with E-state index in [0.717, 1.165) is 19.4 Å². The number of likely N-dealkylation sites (N-methyl/N-ethyl adjacent to an activating group) is 1. The molecule has 3 nitrogen and oxygen atoms in total. The Labute approximate surface area is 117 Å². The normalized spacial score (nSPS) is 23.3. The van der Waals surface area contributed by atoms with E-state index in [4.69, 9.17) is 32.7 Å². The van der Waals surface area contributed by atoms with Crippen LogP contribution in [0.25, 0.3) is 0 Å². The molecule has 0 aromatic heterocycles. The van der Waals surface area contributed by atoms with Gasteiger partial charge in [-0.25, -0.2) is 0 Å². The first-order valence-corrected chi connectivity index (χ1v) is 6.82. The summed E-state index contributed by atoms with van der Waals surface area (Å²) in [5.41, 5.74) is 0. The Bertz CT molecular complexity index is 380. The van der Waals surface area contributed by atoms with E-state index in [1.807, 2.05) is 7.05 Å². The number of nitrogens with one attached hydrogen (secondary N) is 1. The second-order valence-corrected chi connectivity index (χ2v) is 5.30. The van der Waals surface area contributed by atoms with Gasteiger partial charge in [-0.05, 0) is 38.1 Å². The zero-order valence-corrected chi connectivity index (χ0v) is 11.8. The number of benzene rings is 1. The SMILES string of the molecule is CNCC1CCC(COc2cc(Cl)cc(Cl)c2)O1. The van der Waals surface area contributed by atoms with Gasteiger partial charge >= 0.3 is 0 Å². The van der Waals surface area contributed by atoms with E-state index in [0.29, 0.717) is 28.5 Å². The van der Waals surface area contributed by atoms with Crippen LogP contribution < -0.4 is 10.1 Å². The summed E-state index contributed by atoms with van der Waals surface area (Å²) in [5, 5.41) is 4.28. The van der Waals surface area contributed by atoms with Gasteiger partial charge in [0.1, 0.15) is 12.4 Å². The molecular formula is C13H17Cl2NO2. The van der Waals surface area contributed by atoms with Crippen LogP contribution in [0.2, 0.25) is 10.0 Å². The molecule has 0 spiro atoms. The molecule has 1 fully saturated rings. The maximum atomic E-state index is 5.91. The van der Waals surface area contributed by atoms with Gasteiger partial charge in [0.2, 0.25) is 0 Å². The second kappa shape index (κ2) is 6.62. The molecule has 0 radical (unpaired) electrons. The number of ether oxygens (including phenoxy) is 2. The van der Waals surface area contributed by atoms with E-state index in [-0.39, 0.29) is 6.10 Å². The highest BCUT2D eigenvalue weighted by Crippen LogP contribution is 2.25. The first-order chi connectivity index (χ1) is 8.67. The molecule has 1 aliphatic rings. The van der Waals surface area contributed by atoms with Crippen LogP contribution in [-0.4, -0.2) is 32.4 Å². The fraction of sp³-hybridized carbons (Fsp3) is 0.538. The number of hydrogen-bond acceptors (Lipinski definition) is 3. The van der Waals surface area contributed by atoms with Gasteiger partial charge in [-0.2, -0.15) is 0 Å². The Morgan fingerprint density at radius 3 is 2.56 bits per heavy atom. The van der Waals surface area contributed by atoms with Gasteiger partial charge in [0.05, 0.1) is 12.2 Å². The third-order valence-corrected chi connectivity index (χ3v) is 3.34. The molecule has 0 bridgehead atoms. The van der Waals surface area contributed by atoms with Gasteiger partial charge in [-0.1, -0.05) is 23.2 Å². The van der Waals surface area contributed by atoms with Crippen molar-refractivity contribution in [3.05, 3.63) is 28.2 Å². The van der Waals surface area contributed by atoms with Gasteiger partial charge in [0.25, 0.3) is 0 Å². The average molecular weight is 290 g/mol. The van der Waals surface area contributed by atoms with Gasteiger partial charge in [-0.3, -0.25) is 0 Å². The fourth-order valence-corrected chi connectivity index (χ4v) is 2.59. The van der Waals surface area contributed by atoms with Crippen molar-refractivity contribution in [2.45, 2.75) is 25.0 Å². The summed E-state index contributed by atoms with van der Waals surface area (Å²) in [5.74, 6) is 0.688. The molecule has 100 valence electrons. The Balaban J connectivity index is 1.81. The van der Waals surface area contributed by atoms with E-state index < -0.39 is 0 Å². The fourth-order valence-electron chi connectivity index (χ4n) is 2.08. The van der Waals surface area contributed by atoms with Crippen molar-refractivity contribution in [1.82, 2.24) is 5.32 Å². The number of halogens is 2. The smallest absolute Gasteiger partial charge is 0.122 e. The Morgan fingerprint density at radius 1 is 1.22 bits per heavy atom. The summed E-state index contributed by atoms with van der Waals surface area (Å²) in [6.45, 7) is 1.43. The molecule has 5 heteroatoms. The summed E-state index contributed by atoms with van der Waals surface area (Å²) < 4.78 is 11.5. The summed E-state index contributed by atoms with van der Waals surface area (Å²) in [6, 6.07) is 5.20. The minimum Gasteiger partial charge on any atom is -0.491 e. The largest absolute Gasteiger partial charge is 0.491 e. The molecule has 1 heterocycles. The van der Waals surface area contributed by atoms with E-state index in [9.17, 15) is 0 Å². The molecule has 2 atom stereocenters. The number of hydrogen-bond donors (Lipinski definition) is 1. The van der Waals surface area contributed by atoms with Gasteiger partial charge in [0.15, 0.2) is 0 Å². The first kappa shape index (κ1) is 13.9. The van der Waals surface area contributed by atoms with Crippen molar-refractivity contribution in [3.8, 4) is 5.75 Å². The highest BCUT2D eigenvalue weighted by molar-refractivity contribution is 6.34. The van der Waals surface area contributed by atoms with Crippen LogP contribution in [0.15, 0.2) is 18.2 Å². The highest BCUT2D eigenvalue weighted by Gasteiger charge is 2.25. The summed E-state index contributed by atoms with van der Waals surface area (Å²) in [4.78, 5) is 0. The zero-order chi connectivity index (χ0) is 13.0. The molecule has 0 amide bonds. The van der Waals surface area contributed by atoms with Crippen LogP contribution in [0.1, 0.15) is 12.8 Å². The Kier molecular flexibility index (Phi) is 5.13. The maximum absolute atomic E-state index is 5.91. The van der Waals surface area contributed by atoms with Crippen molar-refractivity contribution in [3.63, 3.8) is 0 Å². The van der Waals surface area contributed by atoms with Crippen molar-refractivity contribution >= 4 is 23.2 Å². The summed E-state index contributed by atoms with van der Waals surface area (Å²) in [7, 11) is 1.93. The van der Waals surface area contributed by atoms with Crippen LogP contribution >= 0.6 is 23.2 Å². The van der Waals surface area contributed by atoms with E-state index >= 15 is 0 Å². The Morgan fingerprint density at radius 2 is 1.89 bits per heavy atom. The minimum absolute atomic E-state index is 0.154. The maximum Gasteiger partial charge on any atom is 0.122 e. The van der Waals surface area contributed by atoms with Crippen molar-refractivity contribution in [2.24, 2.45) is 0 Å². The second-order valence-electron chi connectivity index (χ2n) is 4.43. The quantitative estimate of drug-likeness (QED) is 0.903. The lowest BCUT2D eigenvalue weighted by atomic mass is 10.2. The minimum atomic E-state index is 0.154. The van der Waals surface area contributed by atoms with Crippen molar-refractivity contribution in [1.29, 1.82) is 0 Å². The van der Waals surface area contributed by atoms with Crippen LogP contribution in [0.3, 0.4) is 0 Å². The lowest BCUT2D eigenvalue weighted by molar-refractivity contribution is 0.0193. The molecule has 0 aliphatic carbocycles. The average Bonchev–Trinajstić information content (AvgIpc) is 2.74. The van der Waals surface area contributed by atoms with Crippen LogP contribution in [0, 0.1) is 0 Å². The van der Waals surface area contributed by atoms with Crippen LogP contribution in [-0.2, 0) is 4.74 Å². The van der Waals surface area contributed by atoms with E-state index in [2.05, 4.69) is 5.32 Å². The van der Waals surface area contributed by atoms with Gasteiger partial charge < -0.3 is 14.8 Å². The summed E-state index contributed by atoms with van der Waals surface area (Å²) >= 11 is 11.8. The molecule has 1 aromatic carbocycles. The third kappa shape index (κ3) is 4.02. The van der Waals surface area contributed by atoms with Crippen molar-refractivity contribution in [2.75, 3.05) is 20.2 Å². The highest BCUT2D eigenvalue weighted by atomic mass is 35.5. The monoisotopic (exact) mass is 289 g/mol. The van der Waals surface area contributed by atoms with Crippen LogP contribution in [0.4, 0.5) is 0 Å². The number of rotatable bonds is 5. The lowest BCUT2D eigenvalue weighted by Gasteiger charge is -2.14. The lowest BCUT2D eigenvalue weighted by Crippen LogP contribution is -2.25.